The van der Waals surface area contributed by atoms with Crippen LogP contribution in [0.3, 0.4) is 0 Å². The molecule has 0 aliphatic carbocycles. The summed E-state index contributed by atoms with van der Waals surface area (Å²) in [6.45, 7) is 0. The van der Waals surface area contributed by atoms with Crippen molar-refractivity contribution in [2.75, 3.05) is 0 Å². The van der Waals surface area contributed by atoms with Gasteiger partial charge in [-0.2, -0.15) is 0 Å². The highest BCUT2D eigenvalue weighted by molar-refractivity contribution is 9.10. The maximum atomic E-state index is 13.6. The molecule has 1 aromatic heterocycles. The molecular formula is C13H12BrFN2. The Balaban J connectivity index is 2.18. The molecule has 17 heavy (non-hydrogen) atoms. The van der Waals surface area contributed by atoms with E-state index in [9.17, 15) is 4.39 Å². The van der Waals surface area contributed by atoms with E-state index in [4.69, 9.17) is 5.73 Å². The quantitative estimate of drug-likeness (QED) is 0.944. The number of nitrogens with zero attached hydrogens (tertiary/aromatic N) is 1. The second-order valence-corrected chi connectivity index (χ2v) is 4.75. The fourth-order valence-electron chi connectivity index (χ4n) is 1.65. The van der Waals surface area contributed by atoms with Crippen LogP contribution in [0, 0.1) is 5.82 Å². The standard InChI is InChI=1S/C13H12BrFN2/c14-11-3-4-12(15)10(6-11)7-13(16)9-2-1-5-17-8-9/h1-6,8,13H,7,16H2. The highest BCUT2D eigenvalue weighted by Gasteiger charge is 2.10. The van der Waals surface area contributed by atoms with Crippen LogP contribution in [-0.2, 0) is 6.42 Å². The Morgan fingerprint density at radius 2 is 2.18 bits per heavy atom. The third-order valence-electron chi connectivity index (χ3n) is 2.56. The van der Waals surface area contributed by atoms with Gasteiger partial charge in [-0.3, -0.25) is 4.98 Å². The SMILES string of the molecule is NC(Cc1cc(Br)ccc1F)c1cccnc1. The van der Waals surface area contributed by atoms with Crippen LogP contribution in [-0.4, -0.2) is 4.98 Å². The summed E-state index contributed by atoms with van der Waals surface area (Å²) < 4.78 is 14.4. The summed E-state index contributed by atoms with van der Waals surface area (Å²) in [5, 5.41) is 0. The molecule has 2 aromatic rings. The molecule has 0 bridgehead atoms. The minimum atomic E-state index is -0.243. The average Bonchev–Trinajstić information content (AvgIpc) is 2.35. The van der Waals surface area contributed by atoms with Crippen molar-refractivity contribution in [3.8, 4) is 0 Å². The Bertz CT molecular complexity index is 502. The van der Waals surface area contributed by atoms with E-state index in [-0.39, 0.29) is 11.9 Å². The molecule has 4 heteroatoms. The maximum Gasteiger partial charge on any atom is 0.126 e. The molecule has 0 spiro atoms. The van der Waals surface area contributed by atoms with E-state index in [1.165, 1.54) is 6.07 Å². The largest absolute Gasteiger partial charge is 0.324 e. The molecule has 0 radical (unpaired) electrons. The first-order chi connectivity index (χ1) is 8.16. The smallest absolute Gasteiger partial charge is 0.126 e. The summed E-state index contributed by atoms with van der Waals surface area (Å²) in [6.07, 6.45) is 3.85. The number of hydrogen-bond acceptors (Lipinski definition) is 2. The zero-order valence-corrected chi connectivity index (χ0v) is 10.7. The van der Waals surface area contributed by atoms with Crippen LogP contribution >= 0.6 is 15.9 Å². The van der Waals surface area contributed by atoms with Crippen LogP contribution in [0.4, 0.5) is 4.39 Å². The number of halogens is 2. The molecule has 2 nitrogen and oxygen atoms in total. The molecule has 1 aromatic carbocycles. The molecule has 2 rings (SSSR count). The molecule has 1 atom stereocenters. The van der Waals surface area contributed by atoms with Gasteiger partial charge in [0.25, 0.3) is 0 Å². The van der Waals surface area contributed by atoms with Crippen LogP contribution in [0.1, 0.15) is 17.2 Å². The van der Waals surface area contributed by atoms with Crippen molar-refractivity contribution >= 4 is 15.9 Å². The third kappa shape index (κ3) is 3.11. The van der Waals surface area contributed by atoms with Gasteiger partial charge in [0.05, 0.1) is 0 Å². The highest BCUT2D eigenvalue weighted by Crippen LogP contribution is 2.20. The summed E-state index contributed by atoms with van der Waals surface area (Å²) >= 11 is 3.32. The van der Waals surface area contributed by atoms with Gasteiger partial charge in [0.1, 0.15) is 5.82 Å². The van der Waals surface area contributed by atoms with Crippen molar-refractivity contribution in [2.45, 2.75) is 12.5 Å². The van der Waals surface area contributed by atoms with Crippen molar-refractivity contribution < 1.29 is 4.39 Å². The van der Waals surface area contributed by atoms with Crippen LogP contribution in [0.15, 0.2) is 47.2 Å². The van der Waals surface area contributed by atoms with Crippen LogP contribution in [0.5, 0.6) is 0 Å². The van der Waals surface area contributed by atoms with E-state index in [1.807, 2.05) is 12.1 Å². The van der Waals surface area contributed by atoms with Gasteiger partial charge in [-0.25, -0.2) is 4.39 Å². The summed E-state index contributed by atoms with van der Waals surface area (Å²) in [4.78, 5) is 4.00. The summed E-state index contributed by atoms with van der Waals surface area (Å²) in [7, 11) is 0. The molecule has 0 fully saturated rings. The van der Waals surface area contributed by atoms with E-state index in [0.29, 0.717) is 12.0 Å². The zero-order valence-electron chi connectivity index (χ0n) is 9.11. The molecule has 88 valence electrons. The molecule has 1 heterocycles. The van der Waals surface area contributed by atoms with Gasteiger partial charge >= 0.3 is 0 Å². The van der Waals surface area contributed by atoms with Crippen molar-refractivity contribution in [3.05, 3.63) is 64.1 Å². The first-order valence-corrected chi connectivity index (χ1v) is 6.05. The van der Waals surface area contributed by atoms with Gasteiger partial charge in [-0.15, -0.1) is 0 Å². The van der Waals surface area contributed by atoms with Gasteiger partial charge in [0.15, 0.2) is 0 Å². The first-order valence-electron chi connectivity index (χ1n) is 5.26. The Hall–Kier alpha value is -1.26. The maximum absolute atomic E-state index is 13.6. The second kappa shape index (κ2) is 5.38. The number of aromatic nitrogens is 1. The summed E-state index contributed by atoms with van der Waals surface area (Å²) in [6, 6.07) is 8.35. The van der Waals surface area contributed by atoms with Crippen LogP contribution in [0.2, 0.25) is 0 Å². The van der Waals surface area contributed by atoms with Crippen LogP contribution < -0.4 is 5.73 Å². The fraction of sp³-hybridized carbons (Fsp3) is 0.154. The highest BCUT2D eigenvalue weighted by atomic mass is 79.9. The van der Waals surface area contributed by atoms with Crippen molar-refractivity contribution in [1.82, 2.24) is 4.98 Å². The van der Waals surface area contributed by atoms with Gasteiger partial charge < -0.3 is 5.73 Å². The lowest BCUT2D eigenvalue weighted by molar-refractivity contribution is 0.592. The van der Waals surface area contributed by atoms with Gasteiger partial charge in [-0.1, -0.05) is 22.0 Å². The van der Waals surface area contributed by atoms with E-state index >= 15 is 0 Å². The number of benzene rings is 1. The Kier molecular flexibility index (Phi) is 3.86. The van der Waals surface area contributed by atoms with Crippen molar-refractivity contribution in [2.24, 2.45) is 5.73 Å². The molecule has 0 saturated carbocycles. The number of pyridine rings is 1. The van der Waals surface area contributed by atoms with E-state index in [0.717, 1.165) is 10.0 Å². The summed E-state index contributed by atoms with van der Waals surface area (Å²) in [5.74, 6) is -0.229. The average molecular weight is 295 g/mol. The number of nitrogens with two attached hydrogens (primary N) is 1. The lowest BCUT2D eigenvalue weighted by atomic mass is 10.0. The molecule has 0 aliphatic rings. The van der Waals surface area contributed by atoms with Gasteiger partial charge in [0.2, 0.25) is 0 Å². The van der Waals surface area contributed by atoms with Crippen LogP contribution in [0.25, 0.3) is 0 Å². The first kappa shape index (κ1) is 12.2. The minimum absolute atomic E-state index is 0.229. The third-order valence-corrected chi connectivity index (χ3v) is 3.05. The van der Waals surface area contributed by atoms with Gasteiger partial charge in [0, 0.05) is 22.9 Å². The number of hydrogen-bond donors (Lipinski definition) is 1. The fourth-order valence-corrected chi connectivity index (χ4v) is 2.06. The summed E-state index contributed by atoms with van der Waals surface area (Å²) in [5.41, 5.74) is 7.54. The normalized spacial score (nSPS) is 12.4. The molecule has 2 N–H and O–H groups in total. The molecule has 1 unspecified atom stereocenters. The molecule has 0 aliphatic heterocycles. The lowest BCUT2D eigenvalue weighted by Crippen LogP contribution is -2.14. The monoisotopic (exact) mass is 294 g/mol. The lowest BCUT2D eigenvalue weighted by Gasteiger charge is -2.12. The van der Waals surface area contributed by atoms with Crippen molar-refractivity contribution in [3.63, 3.8) is 0 Å². The number of rotatable bonds is 3. The minimum Gasteiger partial charge on any atom is -0.324 e. The molecule has 0 saturated heterocycles. The Morgan fingerprint density at radius 3 is 2.88 bits per heavy atom. The van der Waals surface area contributed by atoms with E-state index < -0.39 is 0 Å². The molecule has 0 amide bonds. The van der Waals surface area contributed by atoms with E-state index in [2.05, 4.69) is 20.9 Å². The Morgan fingerprint density at radius 1 is 1.35 bits per heavy atom. The predicted octanol–water partition coefficient (Wildman–Crippen LogP) is 3.23. The zero-order chi connectivity index (χ0) is 12.3. The topological polar surface area (TPSA) is 38.9 Å². The predicted molar refractivity (Wildman–Crippen MR) is 69.0 cm³/mol. The molecular weight excluding hydrogens is 283 g/mol. The Labute approximate surface area is 108 Å². The second-order valence-electron chi connectivity index (χ2n) is 3.83. The van der Waals surface area contributed by atoms with Crippen molar-refractivity contribution in [1.29, 1.82) is 0 Å². The van der Waals surface area contributed by atoms with Gasteiger partial charge in [-0.05, 0) is 41.8 Å². The van der Waals surface area contributed by atoms with E-state index in [1.54, 1.807) is 24.5 Å².